The zero-order valence-electron chi connectivity index (χ0n) is 17.4. The number of nitrogens with zero attached hydrogens (tertiary/aromatic N) is 1. The third-order valence-electron chi connectivity index (χ3n) is 4.83. The molecule has 4 rings (SSSR count). The molecule has 1 amide bonds. The molecule has 1 heterocycles. The lowest BCUT2D eigenvalue weighted by atomic mass is 10.0. The molecule has 6 heteroatoms. The summed E-state index contributed by atoms with van der Waals surface area (Å²) in [6, 6.07) is 25.8. The highest BCUT2D eigenvalue weighted by molar-refractivity contribution is 6.10. The van der Waals surface area contributed by atoms with Crippen LogP contribution in [0.5, 0.6) is 5.75 Å². The van der Waals surface area contributed by atoms with Crippen molar-refractivity contribution in [3.05, 3.63) is 112 Å². The molecular formula is C26H21N3O3. The van der Waals surface area contributed by atoms with Gasteiger partial charge in [-0.2, -0.15) is 4.98 Å². The Kier molecular flexibility index (Phi) is 6.22. The summed E-state index contributed by atoms with van der Waals surface area (Å²) in [6.45, 7) is 0. The average Bonchev–Trinajstić information content (AvgIpc) is 2.84. The molecule has 0 saturated heterocycles. The van der Waals surface area contributed by atoms with Crippen LogP contribution in [0.25, 0.3) is 23.4 Å². The molecule has 0 radical (unpaired) electrons. The van der Waals surface area contributed by atoms with Gasteiger partial charge in [-0.05, 0) is 35.9 Å². The van der Waals surface area contributed by atoms with Crippen molar-refractivity contribution < 1.29 is 9.53 Å². The molecule has 32 heavy (non-hydrogen) atoms. The fraction of sp³-hybridized carbons (Fsp3) is 0.0385. The van der Waals surface area contributed by atoms with Crippen LogP contribution < -0.4 is 15.7 Å². The number of aromatic amines is 1. The van der Waals surface area contributed by atoms with Crippen LogP contribution >= 0.6 is 0 Å². The van der Waals surface area contributed by atoms with E-state index in [4.69, 9.17) is 4.74 Å². The Hall–Kier alpha value is -4.45. The van der Waals surface area contributed by atoms with E-state index < -0.39 is 5.69 Å². The van der Waals surface area contributed by atoms with Crippen LogP contribution in [0.15, 0.2) is 89.7 Å². The van der Waals surface area contributed by atoms with E-state index in [1.807, 2.05) is 66.7 Å². The summed E-state index contributed by atoms with van der Waals surface area (Å²) < 4.78 is 5.17. The largest absolute Gasteiger partial charge is 0.497 e. The maximum atomic E-state index is 13.4. The first-order chi connectivity index (χ1) is 15.6. The van der Waals surface area contributed by atoms with E-state index in [1.165, 1.54) is 0 Å². The zero-order valence-corrected chi connectivity index (χ0v) is 17.4. The van der Waals surface area contributed by atoms with Crippen LogP contribution in [-0.4, -0.2) is 23.0 Å². The number of benzene rings is 3. The van der Waals surface area contributed by atoms with Gasteiger partial charge in [0.15, 0.2) is 0 Å². The van der Waals surface area contributed by atoms with Crippen molar-refractivity contribution >= 4 is 23.7 Å². The lowest BCUT2D eigenvalue weighted by Gasteiger charge is -2.13. The number of nitrogens with one attached hydrogen (secondary N) is 2. The lowest BCUT2D eigenvalue weighted by molar-refractivity contribution is 0.102. The van der Waals surface area contributed by atoms with Crippen molar-refractivity contribution in [1.29, 1.82) is 0 Å². The van der Waals surface area contributed by atoms with Gasteiger partial charge in [-0.25, -0.2) is 4.79 Å². The number of ether oxygens (including phenoxy) is 1. The minimum atomic E-state index is -0.530. The van der Waals surface area contributed by atoms with Gasteiger partial charge in [0, 0.05) is 11.3 Å². The standard InChI is InChI=1S/C26H21N3O3/c1-32-21-15-13-20(14-16-21)27-25(30)23-22(17-12-18-8-4-2-5-9-18)28-26(31)29-24(23)19-10-6-3-7-11-19/h2-17H,1H3,(H,27,30)(H,28,29,31)/b17-12+. The van der Waals surface area contributed by atoms with Gasteiger partial charge in [0.2, 0.25) is 0 Å². The van der Waals surface area contributed by atoms with E-state index in [-0.39, 0.29) is 11.5 Å². The molecule has 0 aliphatic heterocycles. The van der Waals surface area contributed by atoms with Crippen molar-refractivity contribution in [3.63, 3.8) is 0 Å². The Balaban J connectivity index is 1.80. The average molecular weight is 423 g/mol. The summed E-state index contributed by atoms with van der Waals surface area (Å²) in [7, 11) is 1.58. The fourth-order valence-corrected chi connectivity index (χ4v) is 3.26. The van der Waals surface area contributed by atoms with Gasteiger partial charge >= 0.3 is 5.69 Å². The van der Waals surface area contributed by atoms with E-state index >= 15 is 0 Å². The molecule has 0 saturated carbocycles. The minimum Gasteiger partial charge on any atom is -0.497 e. The van der Waals surface area contributed by atoms with Gasteiger partial charge < -0.3 is 15.0 Å². The van der Waals surface area contributed by atoms with Crippen molar-refractivity contribution in [2.24, 2.45) is 0 Å². The molecule has 0 aliphatic carbocycles. The number of carbonyl (C=O) groups excluding carboxylic acids is 1. The van der Waals surface area contributed by atoms with Gasteiger partial charge in [0.1, 0.15) is 5.75 Å². The molecule has 0 spiro atoms. The molecule has 0 aliphatic rings. The second-order valence-corrected chi connectivity index (χ2v) is 6.97. The maximum Gasteiger partial charge on any atom is 0.345 e. The van der Waals surface area contributed by atoms with E-state index in [2.05, 4.69) is 15.3 Å². The van der Waals surface area contributed by atoms with E-state index in [0.717, 1.165) is 5.56 Å². The van der Waals surface area contributed by atoms with Crippen LogP contribution in [0.4, 0.5) is 5.69 Å². The smallest absolute Gasteiger partial charge is 0.345 e. The molecule has 2 N–H and O–H groups in total. The molecular weight excluding hydrogens is 402 g/mol. The van der Waals surface area contributed by atoms with Crippen molar-refractivity contribution in [3.8, 4) is 17.0 Å². The normalized spacial score (nSPS) is 10.8. The number of carbonyl (C=O) groups is 1. The Bertz CT molecular complexity index is 1300. The highest BCUT2D eigenvalue weighted by atomic mass is 16.5. The second kappa shape index (κ2) is 9.57. The summed E-state index contributed by atoms with van der Waals surface area (Å²) in [5.74, 6) is 0.302. The first-order valence-electron chi connectivity index (χ1n) is 10.0. The molecule has 0 unspecified atom stereocenters. The summed E-state index contributed by atoms with van der Waals surface area (Å²) in [6.07, 6.45) is 3.55. The monoisotopic (exact) mass is 423 g/mol. The molecule has 0 atom stereocenters. The van der Waals surface area contributed by atoms with Gasteiger partial charge in [-0.3, -0.25) is 4.79 Å². The summed E-state index contributed by atoms with van der Waals surface area (Å²) in [5.41, 5.74) is 2.64. The predicted octanol–water partition coefficient (Wildman–Crippen LogP) is 4.87. The minimum absolute atomic E-state index is 0.277. The van der Waals surface area contributed by atoms with Crippen LogP contribution in [-0.2, 0) is 0 Å². The maximum absolute atomic E-state index is 13.4. The molecule has 3 aromatic carbocycles. The van der Waals surface area contributed by atoms with Crippen LogP contribution in [0.3, 0.4) is 0 Å². The second-order valence-electron chi connectivity index (χ2n) is 6.97. The topological polar surface area (TPSA) is 84.1 Å². The molecule has 158 valence electrons. The van der Waals surface area contributed by atoms with E-state index in [9.17, 15) is 9.59 Å². The molecule has 1 aromatic heterocycles. The van der Waals surface area contributed by atoms with Crippen LogP contribution in [0.2, 0.25) is 0 Å². The first-order valence-corrected chi connectivity index (χ1v) is 10.0. The predicted molar refractivity (Wildman–Crippen MR) is 127 cm³/mol. The Morgan fingerprint density at radius 2 is 1.56 bits per heavy atom. The highest BCUT2D eigenvalue weighted by Crippen LogP contribution is 2.25. The number of hydrogen-bond donors (Lipinski definition) is 2. The van der Waals surface area contributed by atoms with E-state index in [1.54, 1.807) is 37.5 Å². The zero-order chi connectivity index (χ0) is 22.3. The number of amides is 1. The van der Waals surface area contributed by atoms with E-state index in [0.29, 0.717) is 28.4 Å². The Morgan fingerprint density at radius 3 is 2.22 bits per heavy atom. The van der Waals surface area contributed by atoms with Gasteiger partial charge in [0.05, 0.1) is 24.1 Å². The number of aromatic nitrogens is 2. The number of anilines is 1. The molecule has 6 nitrogen and oxygen atoms in total. The summed E-state index contributed by atoms with van der Waals surface area (Å²) >= 11 is 0. The third kappa shape index (κ3) is 4.82. The molecule has 0 fully saturated rings. The Labute approximate surface area is 185 Å². The first kappa shape index (κ1) is 20.8. The molecule has 0 bridgehead atoms. The number of rotatable bonds is 6. The van der Waals surface area contributed by atoms with Crippen molar-refractivity contribution in [2.75, 3.05) is 12.4 Å². The van der Waals surface area contributed by atoms with Crippen molar-refractivity contribution in [2.45, 2.75) is 0 Å². The highest BCUT2D eigenvalue weighted by Gasteiger charge is 2.20. The Morgan fingerprint density at radius 1 is 0.906 bits per heavy atom. The third-order valence-corrected chi connectivity index (χ3v) is 4.83. The number of hydrogen-bond acceptors (Lipinski definition) is 4. The van der Waals surface area contributed by atoms with Crippen molar-refractivity contribution in [1.82, 2.24) is 9.97 Å². The lowest BCUT2D eigenvalue weighted by Crippen LogP contribution is -2.22. The van der Waals surface area contributed by atoms with Gasteiger partial charge in [-0.15, -0.1) is 0 Å². The quantitative estimate of drug-likeness (QED) is 0.463. The number of methoxy groups -OCH3 is 1. The van der Waals surface area contributed by atoms with Gasteiger partial charge in [0.25, 0.3) is 5.91 Å². The summed E-state index contributed by atoms with van der Waals surface area (Å²) in [4.78, 5) is 32.6. The fourth-order valence-electron chi connectivity index (χ4n) is 3.26. The molecule has 4 aromatic rings. The van der Waals surface area contributed by atoms with Crippen LogP contribution in [0.1, 0.15) is 21.6 Å². The number of H-pyrrole nitrogens is 1. The SMILES string of the molecule is COc1ccc(NC(=O)c2c(-c3ccccc3)nc(=O)[nH]c2/C=C/c2ccccc2)cc1. The van der Waals surface area contributed by atoms with Gasteiger partial charge in [-0.1, -0.05) is 66.7 Å². The summed E-state index contributed by atoms with van der Waals surface area (Å²) in [5, 5.41) is 2.89. The van der Waals surface area contributed by atoms with Crippen LogP contribution in [0, 0.1) is 0 Å².